The molecule has 0 aliphatic rings. The Bertz CT molecular complexity index is 1190. The summed E-state index contributed by atoms with van der Waals surface area (Å²) in [6.45, 7) is 0. The highest BCUT2D eigenvalue weighted by molar-refractivity contribution is 7.98. The van der Waals surface area contributed by atoms with Gasteiger partial charge in [0, 0.05) is 17.3 Å². The topological polar surface area (TPSA) is 69.0 Å². The van der Waals surface area contributed by atoms with Gasteiger partial charge < -0.3 is 10.1 Å². The lowest BCUT2D eigenvalue weighted by atomic mass is 10.1. The summed E-state index contributed by atoms with van der Waals surface area (Å²) in [5, 5.41) is 4.32. The van der Waals surface area contributed by atoms with Gasteiger partial charge in [-0.05, 0) is 54.8 Å². The van der Waals surface area contributed by atoms with Gasteiger partial charge in [-0.2, -0.15) is 0 Å². The molecule has 0 radical (unpaired) electrons. The molecule has 29 heavy (non-hydrogen) atoms. The Hall–Kier alpha value is -3.39. The highest BCUT2D eigenvalue weighted by Crippen LogP contribution is 2.30. The molecule has 2 aromatic carbocycles. The summed E-state index contributed by atoms with van der Waals surface area (Å²) < 4.78 is 20.4. The van der Waals surface area contributed by atoms with Crippen molar-refractivity contribution in [3.05, 3.63) is 72.4 Å². The quantitative estimate of drug-likeness (QED) is 0.491. The smallest absolute Gasteiger partial charge is 0.274 e. The second-order valence-corrected chi connectivity index (χ2v) is 6.88. The maximum Gasteiger partial charge on any atom is 0.274 e. The van der Waals surface area contributed by atoms with Gasteiger partial charge in [0.2, 0.25) is 0 Å². The second-order valence-electron chi connectivity index (χ2n) is 6.11. The lowest BCUT2D eigenvalue weighted by molar-refractivity contribution is 0.102. The summed E-state index contributed by atoms with van der Waals surface area (Å²) in [6, 6.07) is 13.1. The van der Waals surface area contributed by atoms with Crippen LogP contribution < -0.4 is 10.1 Å². The fourth-order valence-corrected chi connectivity index (χ4v) is 3.63. The zero-order valence-electron chi connectivity index (χ0n) is 15.7. The molecular weight excluding hydrogens is 391 g/mol. The van der Waals surface area contributed by atoms with Crippen molar-refractivity contribution in [1.82, 2.24) is 14.5 Å². The third-order valence-corrected chi connectivity index (χ3v) is 5.08. The number of thioether (sulfide) groups is 1. The van der Waals surface area contributed by atoms with Crippen LogP contribution in [0.2, 0.25) is 0 Å². The van der Waals surface area contributed by atoms with E-state index in [4.69, 9.17) is 4.74 Å². The molecule has 4 aromatic rings. The molecule has 1 N–H and O–H groups in total. The van der Waals surface area contributed by atoms with Crippen LogP contribution in [0, 0.1) is 5.82 Å². The molecule has 0 bridgehead atoms. The van der Waals surface area contributed by atoms with Gasteiger partial charge in [0.05, 0.1) is 19.0 Å². The van der Waals surface area contributed by atoms with Crippen LogP contribution in [0.5, 0.6) is 5.75 Å². The number of imidazole rings is 1. The number of carbonyl (C=O) groups excluding carboxylic acids is 1. The Morgan fingerprint density at radius 3 is 2.66 bits per heavy atom. The molecule has 0 atom stereocenters. The molecular formula is C21H17FN4O2S. The van der Waals surface area contributed by atoms with Gasteiger partial charge in [0.1, 0.15) is 22.8 Å². The molecule has 0 fully saturated rings. The molecule has 0 saturated carbocycles. The van der Waals surface area contributed by atoms with Crippen LogP contribution in [0.15, 0.2) is 66.1 Å². The number of anilines is 1. The van der Waals surface area contributed by atoms with Crippen molar-refractivity contribution >= 4 is 34.3 Å². The number of fused-ring (bicyclic) bond motifs is 1. The number of benzene rings is 2. The third kappa shape index (κ3) is 3.54. The van der Waals surface area contributed by atoms with E-state index in [2.05, 4.69) is 15.3 Å². The third-order valence-electron chi connectivity index (χ3n) is 4.43. The first-order valence-electron chi connectivity index (χ1n) is 8.73. The fraction of sp³-hybridized carbons (Fsp3) is 0.0952. The molecule has 0 saturated heterocycles. The molecule has 2 aromatic heterocycles. The number of nitrogens with one attached hydrogen (secondary N) is 1. The van der Waals surface area contributed by atoms with Crippen molar-refractivity contribution in [2.75, 3.05) is 18.7 Å². The SMILES string of the molecule is COc1ccc(NC(=O)c2cnc(SC)n2-c2ccc(F)cc2)c2cccnc12. The molecule has 6 nitrogen and oxygen atoms in total. The minimum Gasteiger partial charge on any atom is -0.494 e. The number of nitrogens with zero attached hydrogens (tertiary/aromatic N) is 3. The highest BCUT2D eigenvalue weighted by Gasteiger charge is 2.19. The van der Waals surface area contributed by atoms with Crippen molar-refractivity contribution in [2.45, 2.75) is 5.16 Å². The number of hydrogen-bond acceptors (Lipinski definition) is 5. The Balaban J connectivity index is 1.75. The van der Waals surface area contributed by atoms with Crippen molar-refractivity contribution in [3.8, 4) is 11.4 Å². The second kappa shape index (κ2) is 7.92. The normalized spacial score (nSPS) is 10.9. The van der Waals surface area contributed by atoms with E-state index in [9.17, 15) is 9.18 Å². The van der Waals surface area contributed by atoms with Crippen LogP contribution in [-0.2, 0) is 0 Å². The van der Waals surface area contributed by atoms with Gasteiger partial charge >= 0.3 is 0 Å². The van der Waals surface area contributed by atoms with Crippen molar-refractivity contribution in [2.24, 2.45) is 0 Å². The van der Waals surface area contributed by atoms with E-state index in [0.717, 1.165) is 5.39 Å². The predicted octanol–water partition coefficient (Wildman–Crippen LogP) is 4.54. The number of ether oxygens (including phenoxy) is 1. The molecule has 0 unspecified atom stereocenters. The molecule has 8 heteroatoms. The number of amides is 1. The van der Waals surface area contributed by atoms with Gasteiger partial charge in [-0.1, -0.05) is 11.8 Å². The van der Waals surface area contributed by atoms with E-state index in [-0.39, 0.29) is 11.7 Å². The maximum atomic E-state index is 13.3. The number of hydrogen-bond donors (Lipinski definition) is 1. The standard InChI is InChI=1S/C21H17FN4O2S/c1-28-18-10-9-16(15-4-3-11-23-19(15)18)25-20(27)17-12-24-21(29-2)26(17)14-7-5-13(22)6-8-14/h3-12H,1-2H3,(H,25,27). The molecule has 4 rings (SSSR count). The lowest BCUT2D eigenvalue weighted by Crippen LogP contribution is -2.17. The molecule has 0 aliphatic carbocycles. The summed E-state index contributed by atoms with van der Waals surface area (Å²) in [4.78, 5) is 21.8. The first kappa shape index (κ1) is 18.9. The highest BCUT2D eigenvalue weighted by atomic mass is 32.2. The maximum absolute atomic E-state index is 13.3. The average molecular weight is 408 g/mol. The summed E-state index contributed by atoms with van der Waals surface area (Å²) in [7, 11) is 1.58. The van der Waals surface area contributed by atoms with E-state index in [0.29, 0.717) is 33.5 Å². The van der Waals surface area contributed by atoms with Crippen LogP contribution in [-0.4, -0.2) is 33.8 Å². The van der Waals surface area contributed by atoms with E-state index in [1.807, 2.05) is 12.3 Å². The summed E-state index contributed by atoms with van der Waals surface area (Å²) in [6.07, 6.45) is 5.05. The fourth-order valence-electron chi connectivity index (χ4n) is 3.09. The van der Waals surface area contributed by atoms with Gasteiger partial charge in [-0.3, -0.25) is 14.3 Å². The number of methoxy groups -OCH3 is 1. The molecule has 0 aliphatic heterocycles. The van der Waals surface area contributed by atoms with Gasteiger partial charge in [0.15, 0.2) is 5.16 Å². The zero-order valence-corrected chi connectivity index (χ0v) is 16.5. The first-order chi connectivity index (χ1) is 14.1. The van der Waals surface area contributed by atoms with E-state index >= 15 is 0 Å². The molecule has 2 heterocycles. The summed E-state index contributed by atoms with van der Waals surface area (Å²) in [5.41, 5.74) is 2.26. The van der Waals surface area contributed by atoms with E-state index in [1.165, 1.54) is 30.1 Å². The summed E-state index contributed by atoms with van der Waals surface area (Å²) in [5.74, 6) is -0.0557. The number of pyridine rings is 1. The molecule has 0 spiro atoms. The Labute approximate surface area is 170 Å². The molecule has 146 valence electrons. The largest absolute Gasteiger partial charge is 0.494 e. The van der Waals surface area contributed by atoms with Gasteiger partial charge in [0.25, 0.3) is 5.91 Å². The van der Waals surface area contributed by atoms with Crippen LogP contribution in [0.3, 0.4) is 0 Å². The van der Waals surface area contributed by atoms with Crippen LogP contribution >= 0.6 is 11.8 Å². The Morgan fingerprint density at radius 1 is 1.14 bits per heavy atom. The van der Waals surface area contributed by atoms with Crippen LogP contribution in [0.25, 0.3) is 16.6 Å². The number of halogens is 1. The summed E-state index contributed by atoms with van der Waals surface area (Å²) >= 11 is 1.40. The van der Waals surface area contributed by atoms with Crippen molar-refractivity contribution in [1.29, 1.82) is 0 Å². The minimum absolute atomic E-state index is 0.336. The van der Waals surface area contributed by atoms with E-state index in [1.54, 1.807) is 48.2 Å². The predicted molar refractivity (Wildman–Crippen MR) is 112 cm³/mol. The number of rotatable bonds is 5. The monoisotopic (exact) mass is 408 g/mol. The molecule has 1 amide bonds. The van der Waals surface area contributed by atoms with E-state index < -0.39 is 0 Å². The Morgan fingerprint density at radius 2 is 1.93 bits per heavy atom. The Kier molecular flexibility index (Phi) is 5.18. The van der Waals surface area contributed by atoms with Crippen molar-refractivity contribution < 1.29 is 13.9 Å². The van der Waals surface area contributed by atoms with Crippen molar-refractivity contribution in [3.63, 3.8) is 0 Å². The van der Waals surface area contributed by atoms with Gasteiger partial charge in [-0.25, -0.2) is 9.37 Å². The van der Waals surface area contributed by atoms with Crippen LogP contribution in [0.1, 0.15) is 10.5 Å². The number of carbonyl (C=O) groups is 1. The van der Waals surface area contributed by atoms with Crippen LogP contribution in [0.4, 0.5) is 10.1 Å². The van der Waals surface area contributed by atoms with Gasteiger partial charge in [-0.15, -0.1) is 0 Å². The average Bonchev–Trinajstić information content (AvgIpc) is 3.19. The lowest BCUT2D eigenvalue weighted by Gasteiger charge is -2.13. The first-order valence-corrected chi connectivity index (χ1v) is 9.95. The number of aromatic nitrogens is 3. The zero-order chi connectivity index (χ0) is 20.4. The minimum atomic E-state index is -0.345.